The Bertz CT molecular complexity index is 1320. The molecule has 152 valence electrons. The number of nitrogens with zero attached hydrogens (tertiary/aromatic N) is 1. The molecule has 4 aromatic carbocycles. The van der Waals surface area contributed by atoms with Crippen LogP contribution < -0.4 is 10.1 Å². The average Bonchev–Trinajstić information content (AvgIpc) is 3.20. The maximum atomic E-state index is 12.2. The van der Waals surface area contributed by atoms with Gasteiger partial charge in [-0.05, 0) is 66.2 Å². The van der Waals surface area contributed by atoms with Gasteiger partial charge in [0.1, 0.15) is 11.6 Å². The number of nitrogens with one attached hydrogen (secondary N) is 2. The number of aryl methyl sites for hydroxylation is 1. The summed E-state index contributed by atoms with van der Waals surface area (Å²) in [6.45, 7) is 1.97. The second kappa shape index (κ2) is 7.95. The lowest BCUT2D eigenvalue weighted by atomic mass is 10.1. The van der Waals surface area contributed by atoms with Crippen LogP contribution >= 0.6 is 0 Å². The van der Waals surface area contributed by atoms with E-state index in [4.69, 9.17) is 9.72 Å². The molecule has 1 amide bonds. The fourth-order valence-electron chi connectivity index (χ4n) is 3.53. The molecule has 1 heterocycles. The number of hydrogen-bond donors (Lipinski definition) is 2. The van der Waals surface area contributed by atoms with Gasteiger partial charge in [0, 0.05) is 11.3 Å². The van der Waals surface area contributed by atoms with Crippen LogP contribution in [0.2, 0.25) is 0 Å². The number of aromatic nitrogens is 2. The molecule has 0 saturated heterocycles. The predicted molar refractivity (Wildman–Crippen MR) is 124 cm³/mol. The number of H-pyrrole nitrogens is 1. The molecule has 0 aliphatic rings. The predicted octanol–water partition coefficient (Wildman–Crippen LogP) is 5.71. The van der Waals surface area contributed by atoms with Crippen LogP contribution in [0.5, 0.6) is 5.75 Å². The van der Waals surface area contributed by atoms with E-state index in [1.54, 1.807) is 0 Å². The minimum absolute atomic E-state index is 0.0397. The van der Waals surface area contributed by atoms with Gasteiger partial charge >= 0.3 is 0 Å². The molecule has 31 heavy (non-hydrogen) atoms. The highest BCUT2D eigenvalue weighted by atomic mass is 16.5. The van der Waals surface area contributed by atoms with Crippen LogP contribution in [0.4, 0.5) is 5.69 Å². The topological polar surface area (TPSA) is 67.0 Å². The molecule has 0 aliphatic heterocycles. The van der Waals surface area contributed by atoms with Crippen molar-refractivity contribution in [3.8, 4) is 17.1 Å². The van der Waals surface area contributed by atoms with E-state index in [1.807, 2.05) is 67.6 Å². The lowest BCUT2D eigenvalue weighted by molar-refractivity contribution is -0.118. The van der Waals surface area contributed by atoms with Crippen LogP contribution in [0.1, 0.15) is 5.56 Å². The number of rotatable bonds is 5. The molecule has 0 radical (unpaired) electrons. The van der Waals surface area contributed by atoms with Gasteiger partial charge < -0.3 is 15.0 Å². The molecule has 5 heteroatoms. The zero-order chi connectivity index (χ0) is 21.2. The Morgan fingerprint density at radius 1 is 0.935 bits per heavy atom. The smallest absolute Gasteiger partial charge is 0.262 e. The largest absolute Gasteiger partial charge is 0.484 e. The Kier molecular flexibility index (Phi) is 4.84. The van der Waals surface area contributed by atoms with Crippen molar-refractivity contribution in [1.29, 1.82) is 0 Å². The minimum Gasteiger partial charge on any atom is -0.484 e. The summed E-state index contributed by atoms with van der Waals surface area (Å²) in [5, 5.41) is 5.20. The normalized spacial score (nSPS) is 11.0. The second-order valence-corrected chi connectivity index (χ2v) is 7.53. The van der Waals surface area contributed by atoms with Gasteiger partial charge in [-0.25, -0.2) is 4.98 Å². The van der Waals surface area contributed by atoms with Gasteiger partial charge in [-0.2, -0.15) is 0 Å². The van der Waals surface area contributed by atoms with Crippen LogP contribution in [0.15, 0.2) is 84.9 Å². The number of imidazole rings is 1. The monoisotopic (exact) mass is 407 g/mol. The van der Waals surface area contributed by atoms with Gasteiger partial charge in [0.05, 0.1) is 11.0 Å². The molecular formula is C26H21N3O2. The minimum atomic E-state index is -0.205. The third-order valence-electron chi connectivity index (χ3n) is 5.18. The SMILES string of the molecule is Cc1ccc(OCC(=O)Nc2ccc(-c3nc4cc5ccccc5cc4[nH]3)cc2)cc1. The molecule has 2 N–H and O–H groups in total. The number of aromatic amines is 1. The van der Waals surface area contributed by atoms with Crippen LogP contribution in [-0.4, -0.2) is 22.5 Å². The van der Waals surface area contributed by atoms with Gasteiger partial charge in [0.2, 0.25) is 0 Å². The van der Waals surface area contributed by atoms with E-state index in [0.29, 0.717) is 11.4 Å². The first-order chi connectivity index (χ1) is 15.1. The molecule has 0 bridgehead atoms. The average molecular weight is 407 g/mol. The molecular weight excluding hydrogens is 386 g/mol. The summed E-state index contributed by atoms with van der Waals surface area (Å²) in [6, 6.07) is 27.7. The fraction of sp³-hybridized carbons (Fsp3) is 0.0769. The Balaban J connectivity index is 1.27. The molecule has 0 spiro atoms. The number of amides is 1. The van der Waals surface area contributed by atoms with Crippen molar-refractivity contribution in [3.63, 3.8) is 0 Å². The number of ether oxygens (including phenoxy) is 1. The molecule has 5 nitrogen and oxygen atoms in total. The molecule has 5 rings (SSSR count). The van der Waals surface area contributed by atoms with E-state index in [-0.39, 0.29) is 12.5 Å². The third-order valence-corrected chi connectivity index (χ3v) is 5.18. The summed E-state index contributed by atoms with van der Waals surface area (Å²) in [7, 11) is 0. The summed E-state index contributed by atoms with van der Waals surface area (Å²) >= 11 is 0. The van der Waals surface area contributed by atoms with Crippen molar-refractivity contribution in [1.82, 2.24) is 9.97 Å². The molecule has 1 aromatic heterocycles. The number of benzene rings is 4. The Morgan fingerprint density at radius 3 is 2.39 bits per heavy atom. The lowest BCUT2D eigenvalue weighted by Crippen LogP contribution is -2.20. The first-order valence-corrected chi connectivity index (χ1v) is 10.1. The van der Waals surface area contributed by atoms with E-state index in [0.717, 1.165) is 28.0 Å². The summed E-state index contributed by atoms with van der Waals surface area (Å²) in [6.07, 6.45) is 0. The highest BCUT2D eigenvalue weighted by Crippen LogP contribution is 2.25. The number of fused-ring (bicyclic) bond motifs is 2. The van der Waals surface area contributed by atoms with Gasteiger partial charge in [0.25, 0.3) is 5.91 Å². The Hall–Kier alpha value is -4.12. The van der Waals surface area contributed by atoms with Crippen LogP contribution in [0.25, 0.3) is 33.2 Å². The van der Waals surface area contributed by atoms with Gasteiger partial charge in [-0.3, -0.25) is 4.79 Å². The number of hydrogen-bond acceptors (Lipinski definition) is 3. The van der Waals surface area contributed by atoms with Crippen molar-refractivity contribution in [2.45, 2.75) is 6.92 Å². The zero-order valence-electron chi connectivity index (χ0n) is 17.1. The Labute approximate surface area is 179 Å². The van der Waals surface area contributed by atoms with Crippen molar-refractivity contribution >= 4 is 33.4 Å². The maximum absolute atomic E-state index is 12.2. The molecule has 5 aromatic rings. The Morgan fingerprint density at radius 2 is 1.65 bits per heavy atom. The maximum Gasteiger partial charge on any atom is 0.262 e. The standard InChI is InChI=1S/C26H21N3O2/c1-17-6-12-22(13-7-17)31-16-25(30)27-21-10-8-18(9-11-21)26-28-23-14-19-4-2-3-5-20(19)15-24(23)29-26/h2-15H,16H2,1H3,(H,27,30)(H,28,29). The van der Waals surface area contributed by atoms with Gasteiger partial charge in [-0.15, -0.1) is 0 Å². The fourth-order valence-corrected chi connectivity index (χ4v) is 3.53. The molecule has 0 atom stereocenters. The van der Waals surface area contributed by atoms with Gasteiger partial charge in [0.15, 0.2) is 6.61 Å². The molecule has 0 aliphatic carbocycles. The van der Waals surface area contributed by atoms with Gasteiger partial charge in [-0.1, -0.05) is 42.0 Å². The molecule has 0 fully saturated rings. The lowest BCUT2D eigenvalue weighted by Gasteiger charge is -2.08. The van der Waals surface area contributed by atoms with Crippen molar-refractivity contribution in [2.75, 3.05) is 11.9 Å². The summed E-state index contributed by atoms with van der Waals surface area (Å²) in [5.74, 6) is 1.27. The second-order valence-electron chi connectivity index (χ2n) is 7.53. The zero-order valence-corrected chi connectivity index (χ0v) is 17.1. The highest BCUT2D eigenvalue weighted by molar-refractivity contribution is 5.96. The quantitative estimate of drug-likeness (QED) is 0.392. The van der Waals surface area contributed by atoms with E-state index in [2.05, 4.69) is 34.6 Å². The van der Waals surface area contributed by atoms with E-state index in [9.17, 15) is 4.79 Å². The van der Waals surface area contributed by atoms with Crippen molar-refractivity contribution in [3.05, 3.63) is 90.5 Å². The molecule has 0 unspecified atom stereocenters. The summed E-state index contributed by atoms with van der Waals surface area (Å²) in [5.41, 5.74) is 4.74. The number of anilines is 1. The van der Waals surface area contributed by atoms with E-state index in [1.165, 1.54) is 10.8 Å². The summed E-state index contributed by atoms with van der Waals surface area (Å²) < 4.78 is 5.53. The van der Waals surface area contributed by atoms with Crippen molar-refractivity contribution < 1.29 is 9.53 Å². The van der Waals surface area contributed by atoms with E-state index >= 15 is 0 Å². The first kappa shape index (κ1) is 18.9. The third kappa shape index (κ3) is 4.12. The van der Waals surface area contributed by atoms with Crippen LogP contribution in [0.3, 0.4) is 0 Å². The van der Waals surface area contributed by atoms with E-state index < -0.39 is 0 Å². The number of carbonyl (C=O) groups is 1. The number of carbonyl (C=O) groups excluding carboxylic acids is 1. The highest BCUT2D eigenvalue weighted by Gasteiger charge is 2.08. The first-order valence-electron chi connectivity index (χ1n) is 10.1. The van der Waals surface area contributed by atoms with Crippen molar-refractivity contribution in [2.24, 2.45) is 0 Å². The van der Waals surface area contributed by atoms with Crippen LogP contribution in [0, 0.1) is 6.92 Å². The summed E-state index contributed by atoms with van der Waals surface area (Å²) in [4.78, 5) is 20.3. The van der Waals surface area contributed by atoms with Crippen LogP contribution in [-0.2, 0) is 4.79 Å². The molecule has 0 saturated carbocycles.